The highest BCUT2D eigenvalue weighted by molar-refractivity contribution is 5.17. The Balaban J connectivity index is 1.30. The first-order valence-corrected chi connectivity index (χ1v) is 9.19. The number of aromatic nitrogens is 2. The van der Waals surface area contributed by atoms with Crippen molar-refractivity contribution in [1.29, 1.82) is 0 Å². The maximum Gasteiger partial charge on any atom is 0.123 e. The summed E-state index contributed by atoms with van der Waals surface area (Å²) in [5.74, 6) is -0.196. The minimum absolute atomic E-state index is 0.196. The highest BCUT2D eigenvalue weighted by Crippen LogP contribution is 2.18. The summed E-state index contributed by atoms with van der Waals surface area (Å²) in [6, 6.07) is 7.33. The predicted molar refractivity (Wildman–Crippen MR) is 95.9 cm³/mol. The molecule has 2 fully saturated rings. The van der Waals surface area contributed by atoms with Gasteiger partial charge in [0.05, 0.1) is 12.7 Å². The van der Waals surface area contributed by atoms with Crippen LogP contribution < -0.4 is 5.32 Å². The molecule has 0 aliphatic carbocycles. The van der Waals surface area contributed by atoms with Crippen LogP contribution in [0, 0.1) is 5.82 Å². The predicted octanol–water partition coefficient (Wildman–Crippen LogP) is 1.55. The van der Waals surface area contributed by atoms with Gasteiger partial charge in [0.1, 0.15) is 5.82 Å². The van der Waals surface area contributed by atoms with E-state index in [1.807, 2.05) is 23.0 Å². The van der Waals surface area contributed by atoms with Gasteiger partial charge in [-0.3, -0.25) is 14.5 Å². The van der Waals surface area contributed by atoms with Crippen molar-refractivity contribution in [1.82, 2.24) is 24.9 Å². The summed E-state index contributed by atoms with van der Waals surface area (Å²) in [5.41, 5.74) is 2.32. The van der Waals surface area contributed by atoms with Gasteiger partial charge in [-0.05, 0) is 24.1 Å². The van der Waals surface area contributed by atoms with Gasteiger partial charge in [0, 0.05) is 63.6 Å². The summed E-state index contributed by atoms with van der Waals surface area (Å²) in [7, 11) is 0. The van der Waals surface area contributed by atoms with E-state index in [0.29, 0.717) is 12.6 Å². The molecule has 0 radical (unpaired) electrons. The van der Waals surface area contributed by atoms with E-state index >= 15 is 0 Å². The molecule has 1 unspecified atom stereocenters. The van der Waals surface area contributed by atoms with Gasteiger partial charge in [0.15, 0.2) is 0 Å². The van der Waals surface area contributed by atoms with Crippen molar-refractivity contribution < 1.29 is 4.39 Å². The van der Waals surface area contributed by atoms with Crippen LogP contribution in [0.15, 0.2) is 36.7 Å². The zero-order chi connectivity index (χ0) is 17.1. The number of nitrogens with one attached hydrogen (secondary N) is 1. The average Bonchev–Trinajstić information content (AvgIpc) is 3.28. The number of piperazine rings is 1. The SMILES string of the molecule is Fc1ccc(Cn2cc(CN3CCC(N4CCNCC4)C3)cn2)cc1. The molecular weight excluding hydrogens is 317 g/mol. The molecular formula is C19H26FN5. The standard InChI is InChI=1S/C19H26FN5/c20-18-3-1-16(2-4-18)13-25-14-17(11-22-25)12-23-8-5-19(15-23)24-9-6-21-7-10-24/h1-4,11,14,19,21H,5-10,12-13,15H2. The fourth-order valence-corrected chi connectivity index (χ4v) is 3.91. The highest BCUT2D eigenvalue weighted by Gasteiger charge is 2.28. The Hall–Kier alpha value is -1.76. The van der Waals surface area contributed by atoms with Gasteiger partial charge in [-0.25, -0.2) is 4.39 Å². The molecule has 0 bridgehead atoms. The highest BCUT2D eigenvalue weighted by atomic mass is 19.1. The third kappa shape index (κ3) is 4.26. The number of rotatable bonds is 5. The van der Waals surface area contributed by atoms with Crippen LogP contribution in [0.1, 0.15) is 17.5 Å². The lowest BCUT2D eigenvalue weighted by Gasteiger charge is -2.32. The van der Waals surface area contributed by atoms with Crippen molar-refractivity contribution in [2.75, 3.05) is 39.3 Å². The lowest BCUT2D eigenvalue weighted by atomic mass is 10.2. The average molecular weight is 343 g/mol. The largest absolute Gasteiger partial charge is 0.314 e. The number of hydrogen-bond donors (Lipinski definition) is 1. The van der Waals surface area contributed by atoms with E-state index in [0.717, 1.165) is 38.3 Å². The Morgan fingerprint density at radius 1 is 1.04 bits per heavy atom. The maximum absolute atomic E-state index is 13.0. The number of likely N-dealkylation sites (tertiary alicyclic amines) is 1. The van der Waals surface area contributed by atoms with E-state index in [1.54, 1.807) is 0 Å². The van der Waals surface area contributed by atoms with Crippen LogP contribution >= 0.6 is 0 Å². The lowest BCUT2D eigenvalue weighted by molar-refractivity contribution is 0.170. The van der Waals surface area contributed by atoms with Gasteiger partial charge >= 0.3 is 0 Å². The summed E-state index contributed by atoms with van der Waals surface area (Å²) < 4.78 is 14.9. The topological polar surface area (TPSA) is 36.3 Å². The van der Waals surface area contributed by atoms with Crippen LogP contribution in [0.5, 0.6) is 0 Å². The van der Waals surface area contributed by atoms with Crippen molar-refractivity contribution in [3.05, 3.63) is 53.6 Å². The van der Waals surface area contributed by atoms with Crippen molar-refractivity contribution in [3.63, 3.8) is 0 Å². The molecule has 1 aromatic heterocycles. The van der Waals surface area contributed by atoms with Gasteiger partial charge in [-0.1, -0.05) is 12.1 Å². The van der Waals surface area contributed by atoms with Gasteiger partial charge in [-0.2, -0.15) is 5.10 Å². The molecule has 6 heteroatoms. The third-order valence-corrected chi connectivity index (χ3v) is 5.27. The molecule has 2 aromatic rings. The Kier molecular flexibility index (Phi) is 5.10. The molecule has 1 atom stereocenters. The lowest BCUT2D eigenvalue weighted by Crippen LogP contribution is -2.49. The molecule has 2 aliphatic heterocycles. The molecule has 2 aliphatic rings. The van der Waals surface area contributed by atoms with Crippen molar-refractivity contribution >= 4 is 0 Å². The molecule has 0 spiro atoms. The van der Waals surface area contributed by atoms with E-state index < -0.39 is 0 Å². The molecule has 4 rings (SSSR count). The number of benzene rings is 1. The normalized spacial score (nSPS) is 22.5. The van der Waals surface area contributed by atoms with Crippen LogP contribution in [0.4, 0.5) is 4.39 Å². The second kappa shape index (κ2) is 7.64. The molecule has 25 heavy (non-hydrogen) atoms. The molecule has 1 aromatic carbocycles. The molecule has 3 heterocycles. The molecule has 0 amide bonds. The first-order chi connectivity index (χ1) is 12.3. The molecule has 0 saturated carbocycles. The first kappa shape index (κ1) is 16.7. The minimum atomic E-state index is -0.196. The van der Waals surface area contributed by atoms with Gasteiger partial charge < -0.3 is 5.32 Å². The smallest absolute Gasteiger partial charge is 0.123 e. The zero-order valence-corrected chi connectivity index (χ0v) is 14.6. The Bertz CT molecular complexity index is 677. The van der Waals surface area contributed by atoms with Crippen LogP contribution in [0.25, 0.3) is 0 Å². The summed E-state index contributed by atoms with van der Waals surface area (Å²) >= 11 is 0. The van der Waals surface area contributed by atoms with E-state index in [2.05, 4.69) is 26.4 Å². The number of nitrogens with zero attached hydrogens (tertiary/aromatic N) is 4. The third-order valence-electron chi connectivity index (χ3n) is 5.27. The van der Waals surface area contributed by atoms with Crippen LogP contribution in [-0.4, -0.2) is 64.9 Å². The summed E-state index contributed by atoms with van der Waals surface area (Å²) in [6.45, 7) is 8.55. The molecule has 5 nitrogen and oxygen atoms in total. The van der Waals surface area contributed by atoms with Crippen molar-refractivity contribution in [2.45, 2.75) is 25.6 Å². The van der Waals surface area contributed by atoms with Crippen molar-refractivity contribution in [3.8, 4) is 0 Å². The molecule has 2 saturated heterocycles. The number of hydrogen-bond acceptors (Lipinski definition) is 4. The minimum Gasteiger partial charge on any atom is -0.314 e. The summed E-state index contributed by atoms with van der Waals surface area (Å²) in [6.07, 6.45) is 5.34. The number of halogens is 1. The Labute approximate surface area is 148 Å². The fourth-order valence-electron chi connectivity index (χ4n) is 3.91. The van der Waals surface area contributed by atoms with Gasteiger partial charge in [0.2, 0.25) is 0 Å². The summed E-state index contributed by atoms with van der Waals surface area (Å²) in [4.78, 5) is 5.17. The fraction of sp³-hybridized carbons (Fsp3) is 0.526. The van der Waals surface area contributed by atoms with Gasteiger partial charge in [-0.15, -0.1) is 0 Å². The van der Waals surface area contributed by atoms with Crippen LogP contribution in [-0.2, 0) is 13.1 Å². The quantitative estimate of drug-likeness (QED) is 0.894. The molecule has 134 valence electrons. The Morgan fingerprint density at radius 3 is 2.64 bits per heavy atom. The monoisotopic (exact) mass is 343 g/mol. The van der Waals surface area contributed by atoms with E-state index in [1.165, 1.54) is 37.2 Å². The van der Waals surface area contributed by atoms with E-state index in [-0.39, 0.29) is 5.82 Å². The first-order valence-electron chi connectivity index (χ1n) is 9.19. The van der Waals surface area contributed by atoms with Gasteiger partial charge in [0.25, 0.3) is 0 Å². The zero-order valence-electron chi connectivity index (χ0n) is 14.6. The van der Waals surface area contributed by atoms with Crippen molar-refractivity contribution in [2.24, 2.45) is 0 Å². The van der Waals surface area contributed by atoms with E-state index in [4.69, 9.17) is 0 Å². The Morgan fingerprint density at radius 2 is 1.84 bits per heavy atom. The van der Waals surface area contributed by atoms with Crippen LogP contribution in [0.2, 0.25) is 0 Å². The van der Waals surface area contributed by atoms with E-state index in [9.17, 15) is 4.39 Å². The summed E-state index contributed by atoms with van der Waals surface area (Å²) in [5, 5.41) is 7.89. The molecule has 1 N–H and O–H groups in total. The second-order valence-electron chi connectivity index (χ2n) is 7.14. The van der Waals surface area contributed by atoms with Crippen LogP contribution in [0.3, 0.4) is 0 Å². The maximum atomic E-state index is 13.0. The second-order valence-corrected chi connectivity index (χ2v) is 7.14.